The van der Waals surface area contributed by atoms with Crippen LogP contribution in [0.1, 0.15) is 33.5 Å². The van der Waals surface area contributed by atoms with Gasteiger partial charge in [-0.25, -0.2) is 4.39 Å². The summed E-state index contributed by atoms with van der Waals surface area (Å²) in [6.45, 7) is 0. The third-order valence-corrected chi connectivity index (χ3v) is 4.10. The van der Waals surface area contributed by atoms with Crippen molar-refractivity contribution in [2.75, 3.05) is 7.11 Å². The van der Waals surface area contributed by atoms with E-state index >= 15 is 0 Å². The topological polar surface area (TPSA) is 90.7 Å². The molecular weight excluding hydrogens is 321 g/mol. The SMILES string of the molecule is COc1cccc(F)c1C1=CCCc2ccc(C(=O)N=C(N)N)cc21. The summed E-state index contributed by atoms with van der Waals surface area (Å²) >= 11 is 0. The first-order chi connectivity index (χ1) is 12.0. The summed E-state index contributed by atoms with van der Waals surface area (Å²) in [5.41, 5.74) is 13.8. The summed E-state index contributed by atoms with van der Waals surface area (Å²) in [6, 6.07) is 9.92. The number of aliphatic imine (C=N–C) groups is 1. The maximum Gasteiger partial charge on any atom is 0.280 e. The monoisotopic (exact) mass is 339 g/mol. The zero-order chi connectivity index (χ0) is 18.0. The summed E-state index contributed by atoms with van der Waals surface area (Å²) in [5, 5.41) is 0. The molecule has 2 aromatic rings. The molecule has 0 atom stereocenters. The van der Waals surface area contributed by atoms with E-state index in [9.17, 15) is 9.18 Å². The highest BCUT2D eigenvalue weighted by molar-refractivity contribution is 6.03. The third kappa shape index (κ3) is 3.24. The van der Waals surface area contributed by atoms with Gasteiger partial charge in [-0.05, 0) is 53.8 Å². The van der Waals surface area contributed by atoms with Crippen molar-refractivity contribution in [2.45, 2.75) is 12.8 Å². The summed E-state index contributed by atoms with van der Waals surface area (Å²) in [4.78, 5) is 15.7. The van der Waals surface area contributed by atoms with Gasteiger partial charge in [0.2, 0.25) is 0 Å². The molecule has 0 radical (unpaired) electrons. The van der Waals surface area contributed by atoms with Gasteiger partial charge < -0.3 is 16.2 Å². The van der Waals surface area contributed by atoms with Gasteiger partial charge in [0.15, 0.2) is 5.96 Å². The van der Waals surface area contributed by atoms with Gasteiger partial charge in [0.05, 0.1) is 12.7 Å². The molecule has 0 spiro atoms. The number of guanidine groups is 1. The fourth-order valence-corrected chi connectivity index (χ4v) is 3.01. The van der Waals surface area contributed by atoms with Gasteiger partial charge >= 0.3 is 0 Å². The Kier molecular flexibility index (Phi) is 4.52. The van der Waals surface area contributed by atoms with Crippen LogP contribution < -0.4 is 16.2 Å². The minimum atomic E-state index is -0.534. The van der Waals surface area contributed by atoms with Gasteiger partial charge in [0.25, 0.3) is 5.91 Å². The van der Waals surface area contributed by atoms with Crippen molar-refractivity contribution in [2.24, 2.45) is 16.5 Å². The number of halogens is 1. The second-order valence-electron chi connectivity index (χ2n) is 5.69. The predicted molar refractivity (Wildman–Crippen MR) is 94.9 cm³/mol. The Morgan fingerprint density at radius 1 is 1.24 bits per heavy atom. The van der Waals surface area contributed by atoms with Crippen molar-refractivity contribution in [3.63, 3.8) is 0 Å². The number of nitrogens with zero attached hydrogens (tertiary/aromatic N) is 1. The Bertz CT molecular complexity index is 900. The lowest BCUT2D eigenvalue weighted by molar-refractivity contribution is 0.100. The van der Waals surface area contributed by atoms with Crippen molar-refractivity contribution in [1.29, 1.82) is 0 Å². The highest BCUT2D eigenvalue weighted by Gasteiger charge is 2.21. The van der Waals surface area contributed by atoms with Crippen molar-refractivity contribution in [3.8, 4) is 5.75 Å². The number of hydrogen-bond donors (Lipinski definition) is 2. The maximum absolute atomic E-state index is 14.5. The molecule has 25 heavy (non-hydrogen) atoms. The molecule has 128 valence electrons. The predicted octanol–water partition coefficient (Wildman–Crippen LogP) is 2.63. The van der Waals surface area contributed by atoms with Gasteiger partial charge in [-0.2, -0.15) is 4.99 Å². The number of carbonyl (C=O) groups excluding carboxylic acids is 1. The van der Waals surface area contributed by atoms with E-state index in [1.54, 1.807) is 24.3 Å². The van der Waals surface area contributed by atoms with Crippen LogP contribution in [-0.2, 0) is 6.42 Å². The van der Waals surface area contributed by atoms with E-state index in [1.807, 2.05) is 12.1 Å². The Balaban J connectivity index is 2.14. The van der Waals surface area contributed by atoms with E-state index in [-0.39, 0.29) is 11.8 Å². The Labute approximate surface area is 144 Å². The average molecular weight is 339 g/mol. The number of allylic oxidation sites excluding steroid dienone is 1. The molecule has 6 heteroatoms. The standard InChI is InChI=1S/C19H18FN3O2/c1-25-16-7-3-6-15(20)17(16)13-5-2-4-11-8-9-12(10-14(11)13)18(24)23-19(21)22/h3,5-10H,2,4H2,1H3,(H4,21,22,23,24). The number of rotatable bonds is 3. The van der Waals surface area contributed by atoms with Crippen LogP contribution in [0.2, 0.25) is 0 Å². The second-order valence-corrected chi connectivity index (χ2v) is 5.69. The summed E-state index contributed by atoms with van der Waals surface area (Å²) in [7, 11) is 1.50. The summed E-state index contributed by atoms with van der Waals surface area (Å²) < 4.78 is 19.8. The van der Waals surface area contributed by atoms with E-state index in [0.29, 0.717) is 22.4 Å². The third-order valence-electron chi connectivity index (χ3n) is 4.10. The molecule has 1 aliphatic carbocycles. The molecule has 0 saturated carbocycles. The maximum atomic E-state index is 14.5. The molecule has 3 rings (SSSR count). The molecule has 5 nitrogen and oxygen atoms in total. The number of fused-ring (bicyclic) bond motifs is 1. The van der Waals surface area contributed by atoms with Crippen LogP contribution in [0.3, 0.4) is 0 Å². The fourth-order valence-electron chi connectivity index (χ4n) is 3.01. The quantitative estimate of drug-likeness (QED) is 0.664. The molecule has 0 fully saturated rings. The van der Waals surface area contributed by atoms with E-state index in [2.05, 4.69) is 4.99 Å². The second kappa shape index (κ2) is 6.76. The summed E-state index contributed by atoms with van der Waals surface area (Å²) in [6.07, 6.45) is 3.55. The molecule has 1 aliphatic rings. The van der Waals surface area contributed by atoms with Crippen LogP contribution in [0.15, 0.2) is 47.5 Å². The van der Waals surface area contributed by atoms with Gasteiger partial charge in [0.1, 0.15) is 11.6 Å². The first-order valence-electron chi connectivity index (χ1n) is 7.81. The van der Waals surface area contributed by atoms with Gasteiger partial charge in [-0.15, -0.1) is 0 Å². The molecule has 0 saturated heterocycles. The van der Waals surface area contributed by atoms with Crippen molar-refractivity contribution < 1.29 is 13.9 Å². The molecule has 0 aliphatic heterocycles. The number of benzene rings is 2. The molecule has 0 bridgehead atoms. The first-order valence-corrected chi connectivity index (χ1v) is 7.81. The Morgan fingerprint density at radius 2 is 2.04 bits per heavy atom. The molecule has 0 aromatic heterocycles. The van der Waals surface area contributed by atoms with Crippen molar-refractivity contribution in [1.82, 2.24) is 0 Å². The Hall–Kier alpha value is -3.15. The minimum absolute atomic E-state index is 0.297. The number of amides is 1. The number of methoxy groups -OCH3 is 1. The molecule has 1 amide bonds. The normalized spacial score (nSPS) is 12.8. The van der Waals surface area contributed by atoms with Crippen LogP contribution in [0, 0.1) is 5.82 Å². The number of aryl methyl sites for hydroxylation is 1. The molecular formula is C19H18FN3O2. The van der Waals surface area contributed by atoms with E-state index in [1.165, 1.54) is 13.2 Å². The summed E-state index contributed by atoms with van der Waals surface area (Å²) in [5.74, 6) is -0.762. The zero-order valence-corrected chi connectivity index (χ0v) is 13.8. The number of nitrogens with two attached hydrogens (primary N) is 2. The average Bonchev–Trinajstić information content (AvgIpc) is 2.60. The highest BCUT2D eigenvalue weighted by Crippen LogP contribution is 2.38. The van der Waals surface area contributed by atoms with E-state index < -0.39 is 5.91 Å². The lowest BCUT2D eigenvalue weighted by Crippen LogP contribution is -2.24. The molecule has 2 aromatic carbocycles. The minimum Gasteiger partial charge on any atom is -0.496 e. The van der Waals surface area contributed by atoms with E-state index in [0.717, 1.165) is 24.0 Å². The van der Waals surface area contributed by atoms with Crippen LogP contribution in [0.25, 0.3) is 5.57 Å². The van der Waals surface area contributed by atoms with Crippen LogP contribution in [0.5, 0.6) is 5.75 Å². The molecule has 4 N–H and O–H groups in total. The van der Waals surface area contributed by atoms with Crippen LogP contribution in [-0.4, -0.2) is 19.0 Å². The van der Waals surface area contributed by atoms with Crippen LogP contribution in [0.4, 0.5) is 4.39 Å². The number of carbonyl (C=O) groups is 1. The Morgan fingerprint density at radius 3 is 2.76 bits per heavy atom. The van der Waals surface area contributed by atoms with E-state index in [4.69, 9.17) is 16.2 Å². The van der Waals surface area contributed by atoms with Gasteiger partial charge in [-0.3, -0.25) is 4.79 Å². The molecule has 0 unspecified atom stereocenters. The first kappa shape index (κ1) is 16.7. The number of ether oxygens (including phenoxy) is 1. The highest BCUT2D eigenvalue weighted by atomic mass is 19.1. The number of hydrogen-bond acceptors (Lipinski definition) is 2. The molecule has 0 heterocycles. The van der Waals surface area contributed by atoms with Gasteiger partial charge in [-0.1, -0.05) is 18.2 Å². The fraction of sp³-hybridized carbons (Fsp3) is 0.158. The lowest BCUT2D eigenvalue weighted by Gasteiger charge is -2.21. The zero-order valence-electron chi connectivity index (χ0n) is 13.8. The smallest absolute Gasteiger partial charge is 0.280 e. The largest absolute Gasteiger partial charge is 0.496 e. The van der Waals surface area contributed by atoms with Gasteiger partial charge in [0, 0.05) is 5.56 Å². The lowest BCUT2D eigenvalue weighted by atomic mass is 9.85. The van der Waals surface area contributed by atoms with Crippen molar-refractivity contribution >= 4 is 17.4 Å². The van der Waals surface area contributed by atoms with Crippen molar-refractivity contribution in [3.05, 3.63) is 70.5 Å². The van der Waals surface area contributed by atoms with Crippen LogP contribution >= 0.6 is 0 Å².